The quantitative estimate of drug-likeness (QED) is 0.0758. The molecule has 242 valence electrons. The maximum Gasteiger partial charge on any atom is 0.119 e. The van der Waals surface area contributed by atoms with E-state index in [2.05, 4.69) is 32.8 Å². The Kier molecular flexibility index (Phi) is 15.1. The van der Waals surface area contributed by atoms with Crippen LogP contribution in [0.15, 0.2) is 60.9 Å². The number of aromatic nitrogens is 6. The lowest BCUT2D eigenvalue weighted by molar-refractivity contribution is 0.301. The van der Waals surface area contributed by atoms with E-state index in [4.69, 9.17) is 20.0 Å². The number of nitrogens with zero attached hydrogens (tertiary/aromatic N) is 8. The van der Waals surface area contributed by atoms with Gasteiger partial charge in [-0.15, -0.1) is 10.2 Å². The topological polar surface area (TPSA) is 127 Å². The average Bonchev–Trinajstić information content (AvgIpc) is 3.76. The zero-order valence-electron chi connectivity index (χ0n) is 26.9. The third kappa shape index (κ3) is 12.4. The molecule has 0 saturated carbocycles. The molecule has 0 N–H and O–H groups in total. The highest BCUT2D eigenvalue weighted by molar-refractivity contribution is 5.60. The van der Waals surface area contributed by atoms with Gasteiger partial charge in [-0.3, -0.25) is 9.36 Å². The molecule has 0 aliphatic rings. The van der Waals surface area contributed by atoms with Crippen LogP contribution in [0.4, 0.5) is 0 Å². The van der Waals surface area contributed by atoms with E-state index in [-0.39, 0.29) is 0 Å². The Balaban J connectivity index is 1.01. The second-order valence-electron chi connectivity index (χ2n) is 11.5. The Labute approximate surface area is 273 Å². The van der Waals surface area contributed by atoms with Gasteiger partial charge in [-0.05, 0) is 62.8 Å². The number of benzene rings is 2. The molecule has 0 fully saturated rings. The minimum Gasteiger partial charge on any atom is -0.494 e. The van der Waals surface area contributed by atoms with Gasteiger partial charge in [-0.25, -0.2) is 0 Å². The number of ether oxygens (including phenoxy) is 2. The van der Waals surface area contributed by atoms with Crippen LogP contribution < -0.4 is 9.47 Å². The number of hydrogen-bond acceptors (Lipinski definition) is 8. The van der Waals surface area contributed by atoms with Gasteiger partial charge in [0, 0.05) is 37.1 Å². The summed E-state index contributed by atoms with van der Waals surface area (Å²) in [5.41, 5.74) is 3.68. The first-order chi connectivity index (χ1) is 22.7. The van der Waals surface area contributed by atoms with Gasteiger partial charge >= 0.3 is 0 Å². The molecule has 10 nitrogen and oxygen atoms in total. The van der Waals surface area contributed by atoms with E-state index >= 15 is 0 Å². The molecule has 0 bridgehead atoms. The highest BCUT2D eigenvalue weighted by atomic mass is 16.5. The first-order valence-corrected chi connectivity index (χ1v) is 16.8. The van der Waals surface area contributed by atoms with E-state index in [1.165, 1.54) is 38.5 Å². The molecule has 0 unspecified atom stereocenters. The number of unbranched alkanes of at least 4 members (excludes halogenated alkanes) is 11. The van der Waals surface area contributed by atoms with Gasteiger partial charge < -0.3 is 9.47 Å². The molecule has 2 aromatic heterocycles. The van der Waals surface area contributed by atoms with E-state index < -0.39 is 0 Å². The molecule has 0 aliphatic carbocycles. The first-order valence-electron chi connectivity index (χ1n) is 16.8. The number of nitriles is 2. The van der Waals surface area contributed by atoms with Gasteiger partial charge in [0.1, 0.15) is 22.9 Å². The van der Waals surface area contributed by atoms with Crippen molar-refractivity contribution in [1.82, 2.24) is 30.0 Å². The Morgan fingerprint density at radius 1 is 0.543 bits per heavy atom. The number of aryl methyl sites for hydroxylation is 2. The lowest BCUT2D eigenvalue weighted by atomic mass is 10.1. The Hall–Kier alpha value is -4.70. The Bertz CT molecular complexity index is 1400. The van der Waals surface area contributed by atoms with Gasteiger partial charge in [0.2, 0.25) is 0 Å². The SMILES string of the molecule is N#CCCCCn1cc(-c2cccc(OCCCCCCCCCCOc3cccc(-c4cn(CCCCC#N)nn4)c3)c2)nn1. The summed E-state index contributed by atoms with van der Waals surface area (Å²) in [5, 5.41) is 34.4. The molecule has 0 spiro atoms. The van der Waals surface area contributed by atoms with Crippen molar-refractivity contribution in [3.63, 3.8) is 0 Å². The van der Waals surface area contributed by atoms with Gasteiger partial charge in [-0.1, -0.05) is 73.2 Å². The van der Waals surface area contributed by atoms with Crippen LogP contribution in [-0.2, 0) is 13.1 Å². The maximum atomic E-state index is 8.67. The molecular weight excluding hydrogens is 576 g/mol. The van der Waals surface area contributed by atoms with Gasteiger partial charge in [0.05, 0.1) is 37.7 Å². The fraction of sp³-hybridized carbons (Fsp3) is 0.500. The summed E-state index contributed by atoms with van der Waals surface area (Å²) in [6, 6.07) is 20.4. The van der Waals surface area contributed by atoms with E-state index in [0.717, 1.165) is 98.8 Å². The van der Waals surface area contributed by atoms with Crippen LogP contribution >= 0.6 is 0 Å². The third-order valence-electron chi connectivity index (χ3n) is 7.76. The molecule has 46 heavy (non-hydrogen) atoms. The van der Waals surface area contributed by atoms with E-state index in [0.29, 0.717) is 12.8 Å². The predicted octanol–water partition coefficient (Wildman–Crippen LogP) is 8.17. The van der Waals surface area contributed by atoms with E-state index in [9.17, 15) is 0 Å². The van der Waals surface area contributed by atoms with Crippen LogP contribution in [0.25, 0.3) is 22.5 Å². The standard InChI is InChI=1S/C36H46N8O2/c37-21-9-7-11-23-43-29-35(39-41-43)31-17-15-19-33(27-31)45-25-13-5-3-1-2-4-6-14-26-46-34-20-16-18-32(28-34)36-30-44(42-40-36)24-12-8-10-22-38/h15-20,27-30H,1-14,23-26H2. The summed E-state index contributed by atoms with van der Waals surface area (Å²) in [4.78, 5) is 0. The molecule has 0 amide bonds. The van der Waals surface area contributed by atoms with Crippen LogP contribution in [0.2, 0.25) is 0 Å². The fourth-order valence-electron chi connectivity index (χ4n) is 5.17. The molecule has 0 saturated heterocycles. The zero-order chi connectivity index (χ0) is 32.1. The molecule has 0 atom stereocenters. The lowest BCUT2D eigenvalue weighted by Crippen LogP contribution is -1.98. The second-order valence-corrected chi connectivity index (χ2v) is 11.5. The maximum absolute atomic E-state index is 8.67. The lowest BCUT2D eigenvalue weighted by Gasteiger charge is -2.08. The number of rotatable bonds is 23. The van der Waals surface area contributed by atoms with Crippen molar-refractivity contribution in [3.8, 4) is 46.2 Å². The summed E-state index contributed by atoms with van der Waals surface area (Å²) in [6.45, 7) is 2.98. The molecule has 4 aromatic rings. The Morgan fingerprint density at radius 2 is 0.978 bits per heavy atom. The van der Waals surface area contributed by atoms with Gasteiger partial charge in [-0.2, -0.15) is 10.5 Å². The van der Waals surface area contributed by atoms with Gasteiger partial charge in [0.25, 0.3) is 0 Å². The first kappa shape index (κ1) is 34.2. The molecule has 4 rings (SSSR count). The van der Waals surface area contributed by atoms with Crippen LogP contribution in [0.5, 0.6) is 11.5 Å². The van der Waals surface area contributed by atoms with Crippen molar-refractivity contribution in [1.29, 1.82) is 10.5 Å². The third-order valence-corrected chi connectivity index (χ3v) is 7.76. The molecular formula is C36H46N8O2. The number of hydrogen-bond donors (Lipinski definition) is 0. The molecule has 10 heteroatoms. The Morgan fingerprint density at radius 3 is 1.41 bits per heavy atom. The normalized spacial score (nSPS) is 10.8. The summed E-state index contributed by atoms with van der Waals surface area (Å²) >= 11 is 0. The minimum absolute atomic E-state index is 0.580. The summed E-state index contributed by atoms with van der Waals surface area (Å²) in [6.07, 6.45) is 18.1. The highest BCUT2D eigenvalue weighted by Crippen LogP contribution is 2.24. The van der Waals surface area contributed by atoms with Crippen molar-refractivity contribution in [2.75, 3.05) is 13.2 Å². The summed E-state index contributed by atoms with van der Waals surface area (Å²) < 4.78 is 15.7. The van der Waals surface area contributed by atoms with E-state index in [1.54, 1.807) is 0 Å². The largest absolute Gasteiger partial charge is 0.494 e. The molecule has 0 aliphatic heterocycles. The van der Waals surface area contributed by atoms with Crippen LogP contribution in [-0.4, -0.2) is 43.2 Å². The van der Waals surface area contributed by atoms with Crippen molar-refractivity contribution in [2.45, 2.75) is 103 Å². The smallest absolute Gasteiger partial charge is 0.119 e. The molecule has 0 radical (unpaired) electrons. The summed E-state index contributed by atoms with van der Waals surface area (Å²) in [5.74, 6) is 1.73. The van der Waals surface area contributed by atoms with Crippen LogP contribution in [0.1, 0.15) is 89.9 Å². The monoisotopic (exact) mass is 622 g/mol. The van der Waals surface area contributed by atoms with Crippen molar-refractivity contribution in [2.24, 2.45) is 0 Å². The van der Waals surface area contributed by atoms with Crippen molar-refractivity contribution >= 4 is 0 Å². The highest BCUT2D eigenvalue weighted by Gasteiger charge is 2.07. The van der Waals surface area contributed by atoms with E-state index in [1.807, 2.05) is 70.3 Å². The zero-order valence-corrected chi connectivity index (χ0v) is 26.9. The van der Waals surface area contributed by atoms with Crippen molar-refractivity contribution < 1.29 is 9.47 Å². The van der Waals surface area contributed by atoms with Gasteiger partial charge in [0.15, 0.2) is 0 Å². The minimum atomic E-state index is 0.580. The predicted molar refractivity (Wildman–Crippen MR) is 178 cm³/mol. The van der Waals surface area contributed by atoms with Crippen LogP contribution in [0, 0.1) is 22.7 Å². The average molecular weight is 623 g/mol. The summed E-state index contributed by atoms with van der Waals surface area (Å²) in [7, 11) is 0. The molecule has 2 heterocycles. The second kappa shape index (κ2) is 20.4. The van der Waals surface area contributed by atoms with Crippen LogP contribution in [0.3, 0.4) is 0 Å². The fourth-order valence-corrected chi connectivity index (χ4v) is 5.17. The van der Waals surface area contributed by atoms with Crippen molar-refractivity contribution in [3.05, 3.63) is 60.9 Å². The molecule has 2 aromatic carbocycles.